The van der Waals surface area contributed by atoms with Crippen LogP contribution in [0, 0.1) is 11.3 Å². The average Bonchev–Trinajstić information content (AvgIpc) is 2.18. The molecule has 0 amide bonds. The van der Waals surface area contributed by atoms with Gasteiger partial charge in [0.15, 0.2) is 0 Å². The summed E-state index contributed by atoms with van der Waals surface area (Å²) in [5, 5.41) is 8.50. The Bertz CT molecular complexity index is 330. The third-order valence-corrected chi connectivity index (χ3v) is 2.15. The summed E-state index contributed by atoms with van der Waals surface area (Å²) in [4.78, 5) is 2.03. The number of anilines is 1. The van der Waals surface area contributed by atoms with Crippen LogP contribution < -0.4 is 10.6 Å². The highest BCUT2D eigenvalue weighted by Gasteiger charge is 2.04. The summed E-state index contributed by atoms with van der Waals surface area (Å²) in [6.07, 6.45) is 0.362. The molecule has 1 unspecified atom stereocenters. The lowest BCUT2D eigenvalue weighted by Gasteiger charge is -2.14. The summed E-state index contributed by atoms with van der Waals surface area (Å²) in [6.45, 7) is 0. The largest absolute Gasteiger partial charge is 0.378 e. The van der Waals surface area contributed by atoms with Gasteiger partial charge in [0.1, 0.15) is 0 Å². The van der Waals surface area contributed by atoms with Gasteiger partial charge in [-0.3, -0.25) is 0 Å². The van der Waals surface area contributed by atoms with E-state index < -0.39 is 0 Å². The normalized spacial score (nSPS) is 10.4. The first-order valence-corrected chi connectivity index (χ1v) is 4.55. The summed E-state index contributed by atoms with van der Waals surface area (Å²) in [7, 11) is 3.98. The zero-order chi connectivity index (χ0) is 10.6. The van der Waals surface area contributed by atoms with E-state index in [-0.39, 0.29) is 30.9 Å². The number of hydrogen-bond donors (Lipinski definition) is 1. The fourth-order valence-corrected chi connectivity index (χ4v) is 1.24. The fourth-order valence-electron chi connectivity index (χ4n) is 1.24. The Hall–Kier alpha value is -0.950. The van der Waals surface area contributed by atoms with Crippen LogP contribution >= 0.6 is 24.8 Å². The molecule has 0 aliphatic rings. The second kappa shape index (κ2) is 8.23. The van der Waals surface area contributed by atoms with E-state index in [1.807, 2.05) is 43.3 Å². The highest BCUT2D eigenvalue weighted by atomic mass is 35.5. The Morgan fingerprint density at radius 3 is 2.12 bits per heavy atom. The molecular weight excluding hydrogens is 245 g/mol. The first kappa shape index (κ1) is 17.4. The number of nitriles is 1. The lowest BCUT2D eigenvalue weighted by Crippen LogP contribution is -2.11. The Morgan fingerprint density at radius 1 is 1.25 bits per heavy atom. The zero-order valence-electron chi connectivity index (χ0n) is 9.38. The summed E-state index contributed by atoms with van der Waals surface area (Å²) >= 11 is 0. The van der Waals surface area contributed by atoms with E-state index in [1.54, 1.807) is 0 Å². The number of nitrogens with zero attached hydrogens (tertiary/aromatic N) is 2. The first-order chi connectivity index (χ1) is 6.65. The van der Waals surface area contributed by atoms with E-state index in [0.717, 1.165) is 11.3 Å². The molecule has 0 radical (unpaired) electrons. The number of hydrogen-bond acceptors (Lipinski definition) is 3. The van der Waals surface area contributed by atoms with Gasteiger partial charge < -0.3 is 10.6 Å². The lowest BCUT2D eigenvalue weighted by atomic mass is 10.1. The fraction of sp³-hybridized carbons (Fsp3) is 0.364. The third kappa shape index (κ3) is 4.71. The van der Waals surface area contributed by atoms with Gasteiger partial charge in [-0.2, -0.15) is 5.26 Å². The third-order valence-electron chi connectivity index (χ3n) is 2.15. The van der Waals surface area contributed by atoms with Gasteiger partial charge in [-0.15, -0.1) is 24.8 Å². The average molecular weight is 262 g/mol. The maximum Gasteiger partial charge on any atom is 0.0641 e. The maximum absolute atomic E-state index is 8.50. The second-order valence-electron chi connectivity index (χ2n) is 3.45. The van der Waals surface area contributed by atoms with Crippen LogP contribution in [0.5, 0.6) is 0 Å². The molecule has 1 aromatic carbocycles. The van der Waals surface area contributed by atoms with Crippen molar-refractivity contribution in [3.05, 3.63) is 29.8 Å². The van der Waals surface area contributed by atoms with Gasteiger partial charge in [0, 0.05) is 25.8 Å². The van der Waals surface area contributed by atoms with Gasteiger partial charge in [0.05, 0.1) is 12.5 Å². The van der Waals surface area contributed by atoms with Crippen LogP contribution in [-0.2, 0) is 0 Å². The molecule has 90 valence electrons. The molecule has 0 aliphatic carbocycles. The monoisotopic (exact) mass is 261 g/mol. The number of benzene rings is 1. The van der Waals surface area contributed by atoms with Crippen LogP contribution in [-0.4, -0.2) is 14.1 Å². The first-order valence-electron chi connectivity index (χ1n) is 4.55. The Labute approximate surface area is 109 Å². The molecule has 0 saturated heterocycles. The predicted octanol–water partition coefficient (Wildman–Crippen LogP) is 2.51. The van der Waals surface area contributed by atoms with Gasteiger partial charge in [-0.1, -0.05) is 12.1 Å². The highest BCUT2D eigenvalue weighted by molar-refractivity contribution is 5.85. The molecular formula is C11H17Cl2N3. The number of nitrogens with two attached hydrogens (primary N) is 1. The minimum absolute atomic E-state index is 0. The van der Waals surface area contributed by atoms with Crippen molar-refractivity contribution in [3.63, 3.8) is 0 Å². The van der Waals surface area contributed by atoms with E-state index in [2.05, 4.69) is 6.07 Å². The molecule has 1 rings (SSSR count). The van der Waals surface area contributed by atoms with E-state index in [9.17, 15) is 0 Å². The highest BCUT2D eigenvalue weighted by Crippen LogP contribution is 2.17. The molecule has 2 N–H and O–H groups in total. The maximum atomic E-state index is 8.50. The Kier molecular flexibility index (Phi) is 8.97. The topological polar surface area (TPSA) is 53.0 Å². The van der Waals surface area contributed by atoms with Crippen LogP contribution in [0.2, 0.25) is 0 Å². The molecule has 5 heteroatoms. The second-order valence-corrected chi connectivity index (χ2v) is 3.45. The van der Waals surface area contributed by atoms with E-state index in [4.69, 9.17) is 11.0 Å². The molecule has 0 saturated carbocycles. The van der Waals surface area contributed by atoms with Gasteiger partial charge in [0.25, 0.3) is 0 Å². The molecule has 0 aliphatic heterocycles. The molecule has 16 heavy (non-hydrogen) atoms. The smallest absolute Gasteiger partial charge is 0.0641 e. The van der Waals surface area contributed by atoms with Crippen molar-refractivity contribution < 1.29 is 0 Å². The van der Waals surface area contributed by atoms with E-state index in [1.165, 1.54) is 0 Å². The van der Waals surface area contributed by atoms with Crippen LogP contribution in [0.1, 0.15) is 18.0 Å². The van der Waals surface area contributed by atoms with Gasteiger partial charge in [0.2, 0.25) is 0 Å². The Balaban J connectivity index is 0. The van der Waals surface area contributed by atoms with E-state index >= 15 is 0 Å². The van der Waals surface area contributed by atoms with Gasteiger partial charge in [-0.25, -0.2) is 0 Å². The minimum Gasteiger partial charge on any atom is -0.378 e. The summed E-state index contributed by atoms with van der Waals surface area (Å²) < 4.78 is 0. The molecule has 1 atom stereocenters. The van der Waals surface area contributed by atoms with Crippen molar-refractivity contribution in [1.82, 2.24) is 0 Å². The molecule has 0 heterocycles. The van der Waals surface area contributed by atoms with Crippen LogP contribution in [0.4, 0.5) is 5.69 Å². The van der Waals surface area contributed by atoms with Crippen molar-refractivity contribution >= 4 is 30.5 Å². The van der Waals surface area contributed by atoms with Crippen LogP contribution in [0.15, 0.2) is 24.3 Å². The van der Waals surface area contributed by atoms with Crippen LogP contribution in [0.25, 0.3) is 0 Å². The van der Waals surface area contributed by atoms with Gasteiger partial charge >= 0.3 is 0 Å². The van der Waals surface area contributed by atoms with Crippen molar-refractivity contribution in [1.29, 1.82) is 5.26 Å². The lowest BCUT2D eigenvalue weighted by molar-refractivity contribution is 0.748. The van der Waals surface area contributed by atoms with Crippen molar-refractivity contribution in [2.24, 2.45) is 5.73 Å². The van der Waals surface area contributed by atoms with Gasteiger partial charge in [-0.05, 0) is 17.7 Å². The molecule has 3 nitrogen and oxygen atoms in total. The summed E-state index contributed by atoms with van der Waals surface area (Å²) in [5.74, 6) is 0. The van der Waals surface area contributed by atoms with E-state index in [0.29, 0.717) is 6.42 Å². The molecule has 0 spiro atoms. The SMILES string of the molecule is CN(C)c1ccc(C(N)CC#N)cc1.Cl.Cl. The predicted molar refractivity (Wildman–Crippen MR) is 72.4 cm³/mol. The quantitative estimate of drug-likeness (QED) is 0.910. The molecule has 0 fully saturated rings. The summed E-state index contributed by atoms with van der Waals surface area (Å²) in [5.41, 5.74) is 7.94. The number of rotatable bonds is 3. The summed E-state index contributed by atoms with van der Waals surface area (Å²) in [6, 6.07) is 9.85. The van der Waals surface area contributed by atoms with Crippen molar-refractivity contribution in [3.8, 4) is 6.07 Å². The van der Waals surface area contributed by atoms with Crippen molar-refractivity contribution in [2.75, 3.05) is 19.0 Å². The minimum atomic E-state index is -0.170. The number of halogens is 2. The molecule has 0 aromatic heterocycles. The Morgan fingerprint density at radius 2 is 1.75 bits per heavy atom. The van der Waals surface area contributed by atoms with Crippen LogP contribution in [0.3, 0.4) is 0 Å². The molecule has 1 aromatic rings. The van der Waals surface area contributed by atoms with Crippen molar-refractivity contribution in [2.45, 2.75) is 12.5 Å². The zero-order valence-corrected chi connectivity index (χ0v) is 11.0. The molecule has 0 bridgehead atoms. The standard InChI is InChI=1S/C11H15N3.2ClH/c1-14(2)10-5-3-9(4-6-10)11(13)7-8-12;;/h3-6,11H,7,13H2,1-2H3;2*1H.